The summed E-state index contributed by atoms with van der Waals surface area (Å²) in [4.78, 5) is 24.3. The van der Waals surface area contributed by atoms with Crippen molar-refractivity contribution in [3.63, 3.8) is 0 Å². The molecule has 2 atom stereocenters. The summed E-state index contributed by atoms with van der Waals surface area (Å²) in [7, 11) is 0. The highest BCUT2D eigenvalue weighted by Gasteiger charge is 2.27. The second-order valence-corrected chi connectivity index (χ2v) is 4.65. The van der Waals surface area contributed by atoms with Gasteiger partial charge in [0.25, 0.3) is 0 Å². The average Bonchev–Trinajstić information content (AvgIpc) is 2.22. The molecule has 0 fully saturated rings. The Morgan fingerprint density at radius 3 is 2.00 bits per heavy atom. The molecule has 0 radical (unpaired) electrons. The van der Waals surface area contributed by atoms with Gasteiger partial charge in [-0.1, -0.05) is 27.7 Å². The van der Waals surface area contributed by atoms with E-state index in [1.165, 1.54) is 4.90 Å². The van der Waals surface area contributed by atoms with Crippen LogP contribution in [0.4, 0.5) is 0 Å². The number of carbonyl (C=O) groups is 2. The number of hydrogen-bond acceptors (Lipinski definition) is 2. The third-order valence-electron chi connectivity index (χ3n) is 3.10. The zero-order valence-electron chi connectivity index (χ0n) is 10.9. The number of carboxylic acid groups (broad SMARTS) is 1. The smallest absolute Gasteiger partial charge is 0.323 e. The van der Waals surface area contributed by atoms with E-state index in [0.29, 0.717) is 0 Å². The number of rotatable bonds is 6. The Bertz CT molecular complexity index is 251. The Labute approximate surface area is 97.6 Å². The van der Waals surface area contributed by atoms with E-state index in [1.807, 2.05) is 34.6 Å². The van der Waals surface area contributed by atoms with Crippen LogP contribution in [-0.4, -0.2) is 34.5 Å². The minimum absolute atomic E-state index is 0.0233. The van der Waals surface area contributed by atoms with Gasteiger partial charge >= 0.3 is 5.97 Å². The summed E-state index contributed by atoms with van der Waals surface area (Å²) >= 11 is 0. The lowest BCUT2D eigenvalue weighted by molar-refractivity contribution is -0.148. The second kappa shape index (κ2) is 6.51. The number of hydrogen-bond donors (Lipinski definition) is 1. The molecule has 0 heterocycles. The van der Waals surface area contributed by atoms with E-state index in [0.717, 1.165) is 6.42 Å². The van der Waals surface area contributed by atoms with Crippen molar-refractivity contribution in [1.82, 2.24) is 4.90 Å². The van der Waals surface area contributed by atoms with E-state index < -0.39 is 5.97 Å². The van der Waals surface area contributed by atoms with Gasteiger partial charge in [-0.3, -0.25) is 9.59 Å². The van der Waals surface area contributed by atoms with Gasteiger partial charge in [-0.05, 0) is 19.3 Å². The monoisotopic (exact) mass is 229 g/mol. The van der Waals surface area contributed by atoms with Crippen LogP contribution in [0.25, 0.3) is 0 Å². The lowest BCUT2D eigenvalue weighted by Gasteiger charge is -2.30. The van der Waals surface area contributed by atoms with Gasteiger partial charge in [0.15, 0.2) is 0 Å². The van der Waals surface area contributed by atoms with Crippen LogP contribution in [0.5, 0.6) is 0 Å². The first-order valence-electron chi connectivity index (χ1n) is 5.83. The molecule has 0 bridgehead atoms. The van der Waals surface area contributed by atoms with Crippen molar-refractivity contribution in [2.75, 3.05) is 6.54 Å². The molecule has 0 saturated heterocycles. The van der Waals surface area contributed by atoms with Gasteiger partial charge < -0.3 is 10.0 Å². The Hall–Kier alpha value is -1.06. The predicted molar refractivity (Wildman–Crippen MR) is 63.1 cm³/mol. The fraction of sp³-hybridized carbons (Fsp3) is 0.833. The molecule has 94 valence electrons. The van der Waals surface area contributed by atoms with Crippen LogP contribution in [0.1, 0.15) is 41.0 Å². The lowest BCUT2D eigenvalue weighted by atomic mass is 9.96. The Balaban J connectivity index is 4.75. The fourth-order valence-corrected chi connectivity index (χ4v) is 1.36. The van der Waals surface area contributed by atoms with Crippen molar-refractivity contribution in [1.29, 1.82) is 0 Å². The minimum atomic E-state index is -0.954. The molecule has 1 amide bonds. The number of amides is 1. The zero-order chi connectivity index (χ0) is 12.9. The van der Waals surface area contributed by atoms with Gasteiger partial charge in [0.05, 0.1) is 0 Å². The van der Waals surface area contributed by atoms with Crippen molar-refractivity contribution < 1.29 is 14.7 Å². The van der Waals surface area contributed by atoms with Crippen molar-refractivity contribution >= 4 is 11.9 Å². The third kappa shape index (κ3) is 4.21. The van der Waals surface area contributed by atoms with Crippen molar-refractivity contribution in [3.8, 4) is 0 Å². The summed E-state index contributed by atoms with van der Waals surface area (Å²) in [6.45, 7) is 9.42. The van der Waals surface area contributed by atoms with Crippen molar-refractivity contribution in [2.24, 2.45) is 11.8 Å². The quantitative estimate of drug-likeness (QED) is 0.757. The highest BCUT2D eigenvalue weighted by atomic mass is 16.4. The van der Waals surface area contributed by atoms with Crippen LogP contribution >= 0.6 is 0 Å². The van der Waals surface area contributed by atoms with E-state index in [2.05, 4.69) is 0 Å². The van der Waals surface area contributed by atoms with E-state index in [1.54, 1.807) is 0 Å². The molecule has 0 spiro atoms. The summed E-state index contributed by atoms with van der Waals surface area (Å²) in [5, 5.41) is 8.80. The van der Waals surface area contributed by atoms with Gasteiger partial charge in [-0.25, -0.2) is 0 Å². The molecule has 0 aromatic heterocycles. The molecular weight excluding hydrogens is 206 g/mol. The van der Waals surface area contributed by atoms with E-state index in [9.17, 15) is 9.59 Å². The van der Waals surface area contributed by atoms with Gasteiger partial charge in [-0.15, -0.1) is 0 Å². The summed E-state index contributed by atoms with van der Waals surface area (Å²) in [5.41, 5.74) is 0. The molecule has 0 aliphatic rings. The van der Waals surface area contributed by atoms with Crippen LogP contribution < -0.4 is 0 Å². The van der Waals surface area contributed by atoms with Crippen molar-refractivity contribution in [3.05, 3.63) is 0 Å². The van der Waals surface area contributed by atoms with Crippen LogP contribution in [0, 0.1) is 11.8 Å². The first-order valence-corrected chi connectivity index (χ1v) is 5.83. The first-order chi connectivity index (χ1) is 7.31. The Morgan fingerprint density at radius 2 is 1.69 bits per heavy atom. The molecule has 16 heavy (non-hydrogen) atoms. The molecule has 0 aliphatic heterocycles. The Kier molecular flexibility index (Phi) is 6.08. The number of carbonyl (C=O) groups excluding carboxylic acids is 1. The number of carboxylic acids is 1. The largest absolute Gasteiger partial charge is 0.480 e. The number of nitrogens with zero attached hydrogens (tertiary/aromatic N) is 1. The summed E-state index contributed by atoms with van der Waals surface area (Å²) < 4.78 is 0. The molecule has 2 unspecified atom stereocenters. The maximum Gasteiger partial charge on any atom is 0.323 e. The van der Waals surface area contributed by atoms with E-state index in [-0.39, 0.29) is 30.3 Å². The van der Waals surface area contributed by atoms with E-state index >= 15 is 0 Å². The molecule has 0 saturated carbocycles. The molecule has 4 nitrogen and oxygen atoms in total. The third-order valence-corrected chi connectivity index (χ3v) is 3.10. The Morgan fingerprint density at radius 1 is 1.19 bits per heavy atom. The molecule has 1 N–H and O–H groups in total. The summed E-state index contributed by atoms with van der Waals surface area (Å²) in [6.07, 6.45) is 0.768. The number of aliphatic carboxylic acids is 1. The molecule has 0 aliphatic carbocycles. The van der Waals surface area contributed by atoms with Crippen LogP contribution in [0.3, 0.4) is 0 Å². The normalized spacial score (nSPS) is 14.6. The fourth-order valence-electron chi connectivity index (χ4n) is 1.36. The van der Waals surface area contributed by atoms with Gasteiger partial charge in [0.1, 0.15) is 6.54 Å². The van der Waals surface area contributed by atoms with E-state index in [4.69, 9.17) is 5.11 Å². The maximum absolute atomic E-state index is 12.1. The topological polar surface area (TPSA) is 57.6 Å². The molecule has 4 heteroatoms. The molecule has 0 aromatic carbocycles. The minimum Gasteiger partial charge on any atom is -0.480 e. The second-order valence-electron chi connectivity index (χ2n) is 4.65. The molecular formula is C12H23NO3. The SMILES string of the molecule is CCC(C)N(CC(=O)O)C(=O)C(C)C(C)C. The van der Waals surface area contributed by atoms with Crippen molar-refractivity contribution in [2.45, 2.75) is 47.1 Å². The summed E-state index contributed by atoms with van der Waals surface area (Å²) in [6, 6.07) is -0.0233. The highest BCUT2D eigenvalue weighted by Crippen LogP contribution is 2.16. The van der Waals surface area contributed by atoms with Gasteiger partial charge in [0, 0.05) is 12.0 Å². The lowest BCUT2D eigenvalue weighted by Crippen LogP contribution is -2.45. The maximum atomic E-state index is 12.1. The van der Waals surface area contributed by atoms with Crippen LogP contribution in [-0.2, 0) is 9.59 Å². The van der Waals surface area contributed by atoms with Crippen LogP contribution in [0.2, 0.25) is 0 Å². The van der Waals surface area contributed by atoms with Crippen LogP contribution in [0.15, 0.2) is 0 Å². The van der Waals surface area contributed by atoms with Gasteiger partial charge in [-0.2, -0.15) is 0 Å². The summed E-state index contributed by atoms with van der Waals surface area (Å²) in [5.74, 6) is -0.919. The standard InChI is InChI=1S/C12H23NO3/c1-6-9(4)13(7-11(14)15)12(16)10(5)8(2)3/h8-10H,6-7H2,1-5H3,(H,14,15). The predicted octanol–water partition coefficient (Wildman–Crippen LogP) is 1.99. The zero-order valence-corrected chi connectivity index (χ0v) is 10.9. The first kappa shape index (κ1) is 14.9. The average molecular weight is 229 g/mol. The molecule has 0 rings (SSSR count). The highest BCUT2D eigenvalue weighted by molar-refractivity contribution is 5.83. The van der Waals surface area contributed by atoms with Gasteiger partial charge in [0.2, 0.25) is 5.91 Å². The molecule has 0 aromatic rings.